The summed E-state index contributed by atoms with van der Waals surface area (Å²) in [5.74, 6) is -0.262. The number of aromatic nitrogens is 2. The van der Waals surface area contributed by atoms with Gasteiger partial charge in [0.25, 0.3) is 5.91 Å². The highest BCUT2D eigenvalue weighted by Crippen LogP contribution is 2.28. The Morgan fingerprint density at radius 3 is 2.89 bits per heavy atom. The molecule has 1 fully saturated rings. The highest BCUT2D eigenvalue weighted by molar-refractivity contribution is 7.17. The van der Waals surface area contributed by atoms with Gasteiger partial charge in [-0.15, -0.1) is 11.3 Å². The molecule has 146 valence electrons. The van der Waals surface area contributed by atoms with Crippen LogP contribution in [-0.4, -0.2) is 28.6 Å². The highest BCUT2D eigenvalue weighted by Gasteiger charge is 2.18. The lowest BCUT2D eigenvalue weighted by Crippen LogP contribution is -2.32. The molecule has 0 saturated carbocycles. The maximum atomic E-state index is 12.3. The molecular formula is C21H23N3O3S. The molecule has 2 atom stereocenters. The first kappa shape index (κ1) is 18.9. The van der Waals surface area contributed by atoms with E-state index in [9.17, 15) is 4.79 Å². The van der Waals surface area contributed by atoms with Gasteiger partial charge in [0.2, 0.25) is 0 Å². The summed E-state index contributed by atoms with van der Waals surface area (Å²) in [5, 5.41) is 4.69. The fourth-order valence-electron chi connectivity index (χ4n) is 3.14. The summed E-state index contributed by atoms with van der Waals surface area (Å²) in [6, 6.07) is 16.1. The number of hydrogen-bond donors (Lipinski definition) is 1. The van der Waals surface area contributed by atoms with Crippen LogP contribution in [0.2, 0.25) is 0 Å². The van der Waals surface area contributed by atoms with Crippen LogP contribution in [0, 0.1) is 0 Å². The molecule has 1 unspecified atom stereocenters. The Morgan fingerprint density at radius 2 is 2.11 bits per heavy atom. The van der Waals surface area contributed by atoms with Crippen molar-refractivity contribution in [1.29, 1.82) is 0 Å². The van der Waals surface area contributed by atoms with Gasteiger partial charge < -0.3 is 4.74 Å². The van der Waals surface area contributed by atoms with E-state index in [-0.39, 0.29) is 18.2 Å². The summed E-state index contributed by atoms with van der Waals surface area (Å²) >= 11 is 1.39. The van der Waals surface area contributed by atoms with Crippen molar-refractivity contribution >= 4 is 17.2 Å². The van der Waals surface area contributed by atoms with Crippen LogP contribution in [0.5, 0.6) is 0 Å². The van der Waals surface area contributed by atoms with Crippen molar-refractivity contribution in [2.45, 2.75) is 38.5 Å². The van der Waals surface area contributed by atoms with Crippen LogP contribution in [0.15, 0.2) is 54.7 Å². The van der Waals surface area contributed by atoms with Gasteiger partial charge in [0.1, 0.15) is 5.69 Å². The summed E-state index contributed by atoms with van der Waals surface area (Å²) in [4.78, 5) is 19.2. The summed E-state index contributed by atoms with van der Waals surface area (Å²) in [6.07, 6.45) is 4.50. The van der Waals surface area contributed by atoms with Gasteiger partial charge in [-0.3, -0.25) is 9.48 Å². The van der Waals surface area contributed by atoms with Crippen LogP contribution in [0.4, 0.5) is 0 Å². The lowest BCUT2D eigenvalue weighted by molar-refractivity contribution is -0.186. The van der Waals surface area contributed by atoms with E-state index in [1.54, 1.807) is 6.07 Å². The normalized spacial score (nSPS) is 18.0. The van der Waals surface area contributed by atoms with Crippen LogP contribution < -0.4 is 5.48 Å². The fraction of sp³-hybridized carbons (Fsp3) is 0.333. The predicted molar refractivity (Wildman–Crippen MR) is 108 cm³/mol. The van der Waals surface area contributed by atoms with Gasteiger partial charge in [0.15, 0.2) is 6.29 Å². The average Bonchev–Trinajstić information content (AvgIpc) is 3.42. The molecule has 7 heteroatoms. The number of benzene rings is 1. The van der Waals surface area contributed by atoms with Crippen molar-refractivity contribution in [3.8, 4) is 10.6 Å². The number of hydroxylamine groups is 1. The molecule has 6 nitrogen and oxygen atoms in total. The number of hydrogen-bond acceptors (Lipinski definition) is 5. The monoisotopic (exact) mass is 397 g/mol. The van der Waals surface area contributed by atoms with Crippen LogP contribution in [0.25, 0.3) is 10.6 Å². The van der Waals surface area contributed by atoms with Gasteiger partial charge in [-0.05, 0) is 43.5 Å². The Bertz CT molecular complexity index is 916. The van der Waals surface area contributed by atoms with Crippen LogP contribution in [0.1, 0.15) is 47.5 Å². The van der Waals surface area contributed by atoms with Crippen molar-refractivity contribution in [2.24, 2.45) is 0 Å². The molecular weight excluding hydrogens is 374 g/mol. The molecule has 1 N–H and O–H groups in total. The van der Waals surface area contributed by atoms with Gasteiger partial charge in [-0.25, -0.2) is 10.3 Å². The van der Waals surface area contributed by atoms with Crippen molar-refractivity contribution < 1.29 is 14.4 Å². The Balaban J connectivity index is 1.40. The zero-order valence-electron chi connectivity index (χ0n) is 15.7. The van der Waals surface area contributed by atoms with E-state index >= 15 is 0 Å². The highest BCUT2D eigenvalue weighted by atomic mass is 32.1. The van der Waals surface area contributed by atoms with Gasteiger partial charge >= 0.3 is 0 Å². The van der Waals surface area contributed by atoms with E-state index in [1.807, 2.05) is 41.2 Å². The predicted octanol–water partition coefficient (Wildman–Crippen LogP) is 4.41. The SMILES string of the molecule is CC(c1ccccc1)n1ccc(-c2ccc(C(=O)NO[C@H]3CCCCO3)s2)n1. The second kappa shape index (κ2) is 8.68. The molecule has 1 aliphatic heterocycles. The summed E-state index contributed by atoms with van der Waals surface area (Å²) in [7, 11) is 0. The lowest BCUT2D eigenvalue weighted by Gasteiger charge is -2.21. The Kier molecular flexibility index (Phi) is 5.85. The molecule has 2 aromatic heterocycles. The second-order valence-electron chi connectivity index (χ2n) is 6.78. The molecule has 4 rings (SSSR count). The van der Waals surface area contributed by atoms with Crippen molar-refractivity contribution in [2.75, 3.05) is 6.61 Å². The molecule has 3 heterocycles. The van der Waals surface area contributed by atoms with Gasteiger partial charge in [-0.1, -0.05) is 30.3 Å². The third-order valence-corrected chi connectivity index (χ3v) is 5.90. The van der Waals surface area contributed by atoms with Crippen molar-refractivity contribution in [3.05, 3.63) is 65.2 Å². The number of carbonyl (C=O) groups is 1. The second-order valence-corrected chi connectivity index (χ2v) is 7.86. The smallest absolute Gasteiger partial charge is 0.285 e. The van der Waals surface area contributed by atoms with E-state index in [0.29, 0.717) is 11.5 Å². The molecule has 0 aliphatic carbocycles. The van der Waals surface area contributed by atoms with E-state index in [4.69, 9.17) is 14.7 Å². The third-order valence-electron chi connectivity index (χ3n) is 4.79. The number of amides is 1. The molecule has 28 heavy (non-hydrogen) atoms. The minimum Gasteiger partial charge on any atom is -0.350 e. The first-order valence-electron chi connectivity index (χ1n) is 9.48. The molecule has 1 amide bonds. The Labute approximate surface area is 168 Å². The minimum atomic E-state index is -0.354. The topological polar surface area (TPSA) is 65.4 Å². The Hall–Kier alpha value is -2.48. The number of nitrogens with zero attached hydrogens (tertiary/aromatic N) is 2. The van der Waals surface area contributed by atoms with E-state index in [1.165, 1.54) is 16.9 Å². The maximum absolute atomic E-state index is 12.3. The molecule has 1 aromatic carbocycles. The zero-order chi connectivity index (χ0) is 19.3. The number of ether oxygens (including phenoxy) is 1. The first-order chi connectivity index (χ1) is 13.7. The minimum absolute atomic E-state index is 0.140. The zero-order valence-corrected chi connectivity index (χ0v) is 16.5. The standard InChI is InChI=1S/C21H23N3O3S/c1-15(16-7-3-2-4-8-16)24-13-12-17(22-24)18-10-11-19(28-18)21(25)23-27-20-9-5-6-14-26-20/h2-4,7-8,10-13,15,20H,5-6,9,14H2,1H3,(H,23,25)/t15?,20-/m0/s1. The fourth-order valence-corrected chi connectivity index (χ4v) is 4.00. The van der Waals surface area contributed by atoms with E-state index in [2.05, 4.69) is 24.5 Å². The number of thiophene rings is 1. The van der Waals surface area contributed by atoms with Gasteiger partial charge in [0, 0.05) is 19.2 Å². The molecule has 0 bridgehead atoms. The van der Waals surface area contributed by atoms with Crippen LogP contribution >= 0.6 is 11.3 Å². The van der Waals surface area contributed by atoms with E-state index in [0.717, 1.165) is 29.8 Å². The average molecular weight is 398 g/mol. The molecule has 0 spiro atoms. The molecule has 3 aromatic rings. The molecule has 1 saturated heterocycles. The molecule has 0 radical (unpaired) electrons. The van der Waals surface area contributed by atoms with Crippen LogP contribution in [0.3, 0.4) is 0 Å². The van der Waals surface area contributed by atoms with Crippen molar-refractivity contribution in [3.63, 3.8) is 0 Å². The lowest BCUT2D eigenvalue weighted by atomic mass is 10.1. The maximum Gasteiger partial charge on any atom is 0.285 e. The van der Waals surface area contributed by atoms with Crippen molar-refractivity contribution in [1.82, 2.24) is 15.3 Å². The first-order valence-corrected chi connectivity index (χ1v) is 10.3. The van der Waals surface area contributed by atoms with E-state index < -0.39 is 0 Å². The van der Waals surface area contributed by atoms with Gasteiger partial charge in [-0.2, -0.15) is 5.10 Å². The van der Waals surface area contributed by atoms with Crippen LogP contribution in [-0.2, 0) is 9.57 Å². The summed E-state index contributed by atoms with van der Waals surface area (Å²) in [5.41, 5.74) is 4.55. The third kappa shape index (κ3) is 4.32. The van der Waals surface area contributed by atoms with Gasteiger partial charge in [0.05, 0.1) is 15.8 Å². The Morgan fingerprint density at radius 1 is 1.25 bits per heavy atom. The number of nitrogens with one attached hydrogen (secondary N) is 1. The largest absolute Gasteiger partial charge is 0.350 e. The quantitative estimate of drug-likeness (QED) is 0.626. The molecule has 1 aliphatic rings. The summed E-state index contributed by atoms with van der Waals surface area (Å²) < 4.78 is 7.39. The number of carbonyl (C=O) groups excluding carboxylic acids is 1. The number of rotatable bonds is 6. The summed E-state index contributed by atoms with van der Waals surface area (Å²) in [6.45, 7) is 2.79.